The highest BCUT2D eigenvalue weighted by Crippen LogP contribution is 2.43. The van der Waals surface area contributed by atoms with E-state index < -0.39 is 23.4 Å². The van der Waals surface area contributed by atoms with Crippen molar-refractivity contribution in [1.29, 1.82) is 0 Å². The Balaban J connectivity index is 0.00000168. The highest BCUT2D eigenvalue weighted by molar-refractivity contribution is 5.89. The molecule has 1 atom stereocenters. The van der Waals surface area contributed by atoms with Crippen LogP contribution < -0.4 is 5.32 Å². The number of piperidine rings is 2. The SMILES string of the molecule is CC.O=C1Nc2ccccc2C2(CCN(C(=O)CC(Cc3ccc4[nH]ncc4c3)C(=O)N3CCC4(CC3)OCCO4)CC2)O1. The Labute approximate surface area is 257 Å². The number of amides is 3. The summed E-state index contributed by atoms with van der Waals surface area (Å²) in [7, 11) is 0. The Morgan fingerprint density at radius 3 is 2.41 bits per heavy atom. The van der Waals surface area contributed by atoms with Crippen molar-refractivity contribution < 1.29 is 28.6 Å². The van der Waals surface area contributed by atoms with Crippen molar-refractivity contribution in [3.63, 3.8) is 0 Å². The monoisotopic (exact) mass is 603 g/mol. The fraction of sp³-hybridized carbons (Fsp3) is 0.515. The molecule has 4 aliphatic heterocycles. The van der Waals surface area contributed by atoms with E-state index in [9.17, 15) is 14.4 Å². The van der Waals surface area contributed by atoms with Crippen molar-refractivity contribution in [2.45, 2.75) is 63.8 Å². The first-order valence-corrected chi connectivity index (χ1v) is 15.8. The Kier molecular flexibility index (Phi) is 8.59. The molecule has 4 aliphatic rings. The number of ether oxygens (including phenoxy) is 3. The van der Waals surface area contributed by atoms with E-state index in [0.717, 1.165) is 27.7 Å². The second kappa shape index (κ2) is 12.6. The molecule has 3 fully saturated rings. The summed E-state index contributed by atoms with van der Waals surface area (Å²) < 4.78 is 17.5. The molecule has 2 spiro atoms. The minimum atomic E-state index is -0.751. The number of benzene rings is 2. The van der Waals surface area contributed by atoms with Gasteiger partial charge in [0.15, 0.2) is 5.79 Å². The van der Waals surface area contributed by atoms with Crippen LogP contribution in [0.2, 0.25) is 0 Å². The maximum Gasteiger partial charge on any atom is 0.412 e. The number of aromatic amines is 1. The number of carbonyl (C=O) groups excluding carboxylic acids is 3. The Morgan fingerprint density at radius 1 is 0.955 bits per heavy atom. The third kappa shape index (κ3) is 5.90. The van der Waals surface area contributed by atoms with E-state index in [2.05, 4.69) is 15.5 Å². The molecule has 11 nitrogen and oxygen atoms in total. The molecule has 3 aromatic rings. The highest BCUT2D eigenvalue weighted by atomic mass is 16.7. The molecule has 0 radical (unpaired) electrons. The lowest BCUT2D eigenvalue weighted by atomic mass is 9.82. The van der Waals surface area contributed by atoms with E-state index in [1.54, 1.807) is 6.20 Å². The number of nitrogens with zero attached hydrogens (tertiary/aromatic N) is 3. The van der Waals surface area contributed by atoms with Crippen LogP contribution in [0.4, 0.5) is 10.5 Å². The van der Waals surface area contributed by atoms with Crippen LogP contribution in [0.25, 0.3) is 10.9 Å². The number of H-pyrrole nitrogens is 1. The van der Waals surface area contributed by atoms with Crippen LogP contribution in [-0.4, -0.2) is 83.1 Å². The average Bonchev–Trinajstić information content (AvgIpc) is 3.71. The van der Waals surface area contributed by atoms with Crippen molar-refractivity contribution in [3.8, 4) is 0 Å². The summed E-state index contributed by atoms with van der Waals surface area (Å²) in [6.07, 6.45) is 4.14. The van der Waals surface area contributed by atoms with Gasteiger partial charge in [-0.15, -0.1) is 0 Å². The fourth-order valence-corrected chi connectivity index (χ4v) is 6.95. The summed E-state index contributed by atoms with van der Waals surface area (Å²) in [5.74, 6) is -1.15. The molecular formula is C33H41N5O6. The molecule has 0 bridgehead atoms. The van der Waals surface area contributed by atoms with Crippen molar-refractivity contribution in [2.24, 2.45) is 5.92 Å². The highest BCUT2D eigenvalue weighted by Gasteiger charge is 2.46. The molecule has 7 rings (SSSR count). The van der Waals surface area contributed by atoms with E-state index in [0.29, 0.717) is 71.5 Å². The number of hydrogen-bond acceptors (Lipinski definition) is 7. The van der Waals surface area contributed by atoms with Gasteiger partial charge in [-0.1, -0.05) is 38.1 Å². The van der Waals surface area contributed by atoms with Gasteiger partial charge in [0.1, 0.15) is 5.60 Å². The minimum absolute atomic E-state index is 0.0156. The summed E-state index contributed by atoms with van der Waals surface area (Å²) in [5.41, 5.74) is 2.86. The van der Waals surface area contributed by atoms with Gasteiger partial charge in [0.05, 0.1) is 36.5 Å². The van der Waals surface area contributed by atoms with Gasteiger partial charge >= 0.3 is 6.09 Å². The van der Waals surface area contributed by atoms with Gasteiger partial charge in [-0.05, 0) is 30.2 Å². The number of carbonyl (C=O) groups is 3. The van der Waals surface area contributed by atoms with Crippen LogP contribution in [0.3, 0.4) is 0 Å². The van der Waals surface area contributed by atoms with E-state index >= 15 is 0 Å². The maximum absolute atomic E-state index is 13.9. The van der Waals surface area contributed by atoms with Gasteiger partial charge in [-0.25, -0.2) is 4.79 Å². The normalized spacial score (nSPS) is 20.8. The van der Waals surface area contributed by atoms with Gasteiger partial charge < -0.3 is 24.0 Å². The lowest BCUT2D eigenvalue weighted by Crippen LogP contribution is -2.51. The number of para-hydroxylation sites is 1. The third-order valence-corrected chi connectivity index (χ3v) is 9.27. The Hall–Kier alpha value is -3.96. The number of hydrogen-bond donors (Lipinski definition) is 2. The van der Waals surface area contributed by atoms with E-state index in [-0.39, 0.29) is 18.2 Å². The summed E-state index contributed by atoms with van der Waals surface area (Å²) in [6.45, 7) is 7.14. The van der Waals surface area contributed by atoms with Crippen molar-refractivity contribution in [1.82, 2.24) is 20.0 Å². The van der Waals surface area contributed by atoms with E-state index in [4.69, 9.17) is 14.2 Å². The van der Waals surface area contributed by atoms with Crippen molar-refractivity contribution in [3.05, 3.63) is 59.8 Å². The lowest BCUT2D eigenvalue weighted by Gasteiger charge is -2.44. The third-order valence-electron chi connectivity index (χ3n) is 9.27. The van der Waals surface area contributed by atoms with Crippen LogP contribution in [0, 0.1) is 5.92 Å². The first-order chi connectivity index (χ1) is 21.4. The fourth-order valence-electron chi connectivity index (χ4n) is 6.95. The van der Waals surface area contributed by atoms with Gasteiger partial charge in [-0.2, -0.15) is 5.10 Å². The standard InChI is InChI=1S/C31H35N5O6.C2H6/c37-27(35-11-7-30(8-12-35)24-3-1-2-4-26(24)33-29(39)42-30)19-22(17-21-5-6-25-23(18-21)20-32-34-25)28(38)36-13-9-31(10-14-36)40-15-16-41-31;1-2/h1-6,18,20,22H,7-17,19H2,(H,32,34)(H,33,39);1-2H3. The van der Waals surface area contributed by atoms with Crippen molar-refractivity contribution >= 4 is 34.5 Å². The molecule has 3 amide bonds. The first-order valence-electron chi connectivity index (χ1n) is 15.8. The predicted octanol–water partition coefficient (Wildman–Crippen LogP) is 4.58. The number of nitrogens with one attached hydrogen (secondary N) is 2. The number of fused-ring (bicyclic) bond motifs is 3. The smallest absolute Gasteiger partial charge is 0.412 e. The lowest BCUT2D eigenvalue weighted by molar-refractivity contribution is -0.188. The van der Waals surface area contributed by atoms with Crippen LogP contribution in [-0.2, 0) is 35.8 Å². The van der Waals surface area contributed by atoms with Gasteiger partial charge in [-0.3, -0.25) is 20.0 Å². The van der Waals surface area contributed by atoms with E-state index in [1.807, 2.05) is 66.1 Å². The van der Waals surface area contributed by atoms with Crippen LogP contribution in [0.1, 0.15) is 57.1 Å². The number of likely N-dealkylation sites (tertiary alicyclic amines) is 2. The zero-order chi connectivity index (χ0) is 30.7. The molecule has 1 aromatic heterocycles. The number of rotatable bonds is 5. The summed E-state index contributed by atoms with van der Waals surface area (Å²) >= 11 is 0. The molecule has 3 saturated heterocycles. The number of aromatic nitrogens is 2. The topological polar surface area (TPSA) is 126 Å². The first kappa shape index (κ1) is 30.1. The van der Waals surface area contributed by atoms with Gasteiger partial charge in [0.2, 0.25) is 11.8 Å². The summed E-state index contributed by atoms with van der Waals surface area (Å²) in [5, 5.41) is 10.8. The molecule has 0 aliphatic carbocycles. The zero-order valence-electron chi connectivity index (χ0n) is 25.5. The second-order valence-electron chi connectivity index (χ2n) is 11.8. The van der Waals surface area contributed by atoms with Gasteiger partial charge in [0, 0.05) is 69.2 Å². The molecule has 234 valence electrons. The molecular weight excluding hydrogens is 562 g/mol. The summed E-state index contributed by atoms with van der Waals surface area (Å²) in [4.78, 5) is 43.7. The largest absolute Gasteiger partial charge is 0.438 e. The molecule has 44 heavy (non-hydrogen) atoms. The van der Waals surface area contributed by atoms with Crippen LogP contribution >= 0.6 is 0 Å². The van der Waals surface area contributed by atoms with Crippen LogP contribution in [0.5, 0.6) is 0 Å². The second-order valence-corrected chi connectivity index (χ2v) is 11.8. The zero-order valence-corrected chi connectivity index (χ0v) is 25.5. The maximum atomic E-state index is 13.9. The molecule has 5 heterocycles. The molecule has 2 aromatic carbocycles. The molecule has 0 saturated carbocycles. The number of anilines is 1. The molecule has 2 N–H and O–H groups in total. The quantitative estimate of drug-likeness (QED) is 0.437. The summed E-state index contributed by atoms with van der Waals surface area (Å²) in [6, 6.07) is 13.6. The minimum Gasteiger partial charge on any atom is -0.438 e. The Bertz CT molecular complexity index is 1500. The molecule has 1 unspecified atom stereocenters. The van der Waals surface area contributed by atoms with Crippen molar-refractivity contribution in [2.75, 3.05) is 44.7 Å². The molecule has 11 heteroatoms. The van der Waals surface area contributed by atoms with Crippen LogP contribution in [0.15, 0.2) is 48.7 Å². The average molecular weight is 604 g/mol. The predicted molar refractivity (Wildman–Crippen MR) is 164 cm³/mol. The van der Waals surface area contributed by atoms with Gasteiger partial charge in [0.25, 0.3) is 0 Å². The Morgan fingerprint density at radius 2 is 1.66 bits per heavy atom. The van der Waals surface area contributed by atoms with E-state index in [1.165, 1.54) is 0 Å².